The number of hydrogen-bond donors (Lipinski definition) is 1. The number of likely N-dealkylation sites (N-methyl/N-ethyl adjacent to an activating group) is 1. The second-order valence-corrected chi connectivity index (χ2v) is 9.20. The molecule has 1 N–H and O–H groups in total. The molecular weight excluding hydrogens is 434 g/mol. The molecule has 5 rings (SSSR count). The smallest absolute Gasteiger partial charge is 0.414 e. The summed E-state index contributed by atoms with van der Waals surface area (Å²) < 4.78 is 5.39. The molecule has 2 aromatic carbocycles. The fourth-order valence-corrected chi connectivity index (χ4v) is 5.10. The summed E-state index contributed by atoms with van der Waals surface area (Å²) in [5.41, 5.74) is 5.69. The van der Waals surface area contributed by atoms with Crippen LogP contribution in [-0.2, 0) is 11.3 Å². The molecule has 2 saturated heterocycles. The van der Waals surface area contributed by atoms with Gasteiger partial charge in [0.15, 0.2) is 0 Å². The average molecular weight is 465 g/mol. The number of rotatable bonds is 4. The Labute approximate surface area is 199 Å². The predicted octanol–water partition coefficient (Wildman–Crippen LogP) is 3.11. The van der Waals surface area contributed by atoms with E-state index in [1.54, 1.807) is 17.0 Å². The molecule has 3 aliphatic rings. The molecule has 2 aromatic rings. The third kappa shape index (κ3) is 4.28. The van der Waals surface area contributed by atoms with Gasteiger partial charge in [-0.05, 0) is 44.2 Å². The lowest BCUT2D eigenvalue weighted by atomic mass is 9.99. The highest BCUT2D eigenvalue weighted by Crippen LogP contribution is 2.35. The van der Waals surface area contributed by atoms with E-state index in [0.717, 1.165) is 42.9 Å². The van der Waals surface area contributed by atoms with Gasteiger partial charge in [0.05, 0.1) is 11.4 Å². The van der Waals surface area contributed by atoms with Crippen molar-refractivity contribution in [3.63, 3.8) is 0 Å². The second-order valence-electron chi connectivity index (χ2n) is 9.20. The van der Waals surface area contributed by atoms with Gasteiger partial charge < -0.3 is 30.1 Å². The van der Waals surface area contributed by atoms with Crippen LogP contribution < -0.4 is 15.3 Å². The Morgan fingerprint density at radius 1 is 1.00 bits per heavy atom. The van der Waals surface area contributed by atoms with Crippen LogP contribution in [0.2, 0.25) is 0 Å². The van der Waals surface area contributed by atoms with Crippen LogP contribution in [0, 0.1) is 5.21 Å². The van der Waals surface area contributed by atoms with Crippen molar-refractivity contribution in [1.82, 2.24) is 9.80 Å². The molecule has 2 amide bonds. The summed E-state index contributed by atoms with van der Waals surface area (Å²) in [4.78, 5) is 33.4. The summed E-state index contributed by atoms with van der Waals surface area (Å²) in [5.74, 6) is -0.0443. The van der Waals surface area contributed by atoms with Gasteiger partial charge in [0.2, 0.25) is 0 Å². The number of ether oxygens (including phenoxy) is 1. The van der Waals surface area contributed by atoms with Crippen molar-refractivity contribution < 1.29 is 14.3 Å². The first-order valence-corrected chi connectivity index (χ1v) is 11.8. The SMILES string of the molecule is CN1CCN(C(=O)c2ccc(N3CCC(N4C(=O)OCc5ccccc54)CC3)c(N[O-])c2)CC1. The summed E-state index contributed by atoms with van der Waals surface area (Å²) in [6.07, 6.45) is 1.21. The first kappa shape index (κ1) is 22.5. The number of piperazine rings is 1. The number of amides is 2. The Balaban J connectivity index is 1.28. The predicted molar refractivity (Wildman–Crippen MR) is 131 cm³/mol. The number of fused-ring (bicyclic) bond motifs is 1. The highest BCUT2D eigenvalue weighted by molar-refractivity contribution is 5.96. The van der Waals surface area contributed by atoms with Gasteiger partial charge >= 0.3 is 6.09 Å². The molecule has 0 unspecified atom stereocenters. The van der Waals surface area contributed by atoms with Gasteiger partial charge in [-0.3, -0.25) is 9.69 Å². The first-order valence-electron chi connectivity index (χ1n) is 11.8. The normalized spacial score (nSPS) is 19.6. The fourth-order valence-electron chi connectivity index (χ4n) is 5.10. The minimum Gasteiger partial charge on any atom is -0.761 e. The number of carbonyl (C=O) groups excluding carboxylic acids is 2. The summed E-state index contributed by atoms with van der Waals surface area (Å²) in [6.45, 7) is 4.76. The topological polar surface area (TPSA) is 91.4 Å². The van der Waals surface area contributed by atoms with Crippen molar-refractivity contribution in [3.8, 4) is 0 Å². The van der Waals surface area contributed by atoms with Crippen molar-refractivity contribution in [2.24, 2.45) is 0 Å². The molecule has 0 radical (unpaired) electrons. The fraction of sp³-hybridized carbons (Fsp3) is 0.440. The van der Waals surface area contributed by atoms with E-state index >= 15 is 0 Å². The maximum absolute atomic E-state index is 12.9. The van der Waals surface area contributed by atoms with Crippen molar-refractivity contribution in [2.45, 2.75) is 25.5 Å². The first-order chi connectivity index (χ1) is 16.5. The Morgan fingerprint density at radius 2 is 1.74 bits per heavy atom. The highest BCUT2D eigenvalue weighted by atomic mass is 16.6. The van der Waals surface area contributed by atoms with E-state index < -0.39 is 0 Å². The maximum Gasteiger partial charge on any atom is 0.414 e. The van der Waals surface area contributed by atoms with Gasteiger partial charge in [-0.2, -0.15) is 0 Å². The van der Waals surface area contributed by atoms with Gasteiger partial charge in [-0.1, -0.05) is 18.2 Å². The standard InChI is InChI=1S/C25H30N5O4/c1-27-12-14-29(15-13-27)24(31)18-6-7-23(21(16-18)26-33)28-10-8-20(9-11-28)30-22-5-3-2-4-19(22)17-34-25(30)32/h2-7,16,20,26H,8-15,17H2,1H3/q-1. The largest absolute Gasteiger partial charge is 0.761 e. The van der Waals surface area contributed by atoms with Crippen LogP contribution in [0.15, 0.2) is 42.5 Å². The number of piperidine rings is 1. The van der Waals surface area contributed by atoms with Gasteiger partial charge in [0.1, 0.15) is 6.61 Å². The van der Waals surface area contributed by atoms with Crippen molar-refractivity contribution in [2.75, 3.05) is 61.6 Å². The van der Waals surface area contributed by atoms with E-state index in [1.807, 2.05) is 47.8 Å². The summed E-state index contributed by atoms with van der Waals surface area (Å²) in [5, 5.41) is 11.8. The monoisotopic (exact) mass is 464 g/mol. The van der Waals surface area contributed by atoms with Crippen LogP contribution in [0.25, 0.3) is 0 Å². The van der Waals surface area contributed by atoms with E-state index in [-0.39, 0.29) is 18.0 Å². The lowest BCUT2D eigenvalue weighted by molar-refractivity contribution is 0.0664. The van der Waals surface area contributed by atoms with Crippen LogP contribution in [0.5, 0.6) is 0 Å². The van der Waals surface area contributed by atoms with Crippen molar-refractivity contribution in [1.29, 1.82) is 0 Å². The number of nitrogens with zero attached hydrogens (tertiary/aromatic N) is 4. The average Bonchev–Trinajstić information content (AvgIpc) is 2.88. The molecular formula is C25H30N5O4-. The van der Waals surface area contributed by atoms with Gasteiger partial charge in [0.25, 0.3) is 5.91 Å². The summed E-state index contributed by atoms with van der Waals surface area (Å²) in [6, 6.07) is 13.2. The summed E-state index contributed by atoms with van der Waals surface area (Å²) >= 11 is 0. The third-order valence-electron chi connectivity index (χ3n) is 7.11. The van der Waals surface area contributed by atoms with Crippen molar-refractivity contribution >= 4 is 29.1 Å². The van der Waals surface area contributed by atoms with E-state index in [9.17, 15) is 14.8 Å². The zero-order chi connectivity index (χ0) is 23.7. The number of benzene rings is 2. The highest BCUT2D eigenvalue weighted by Gasteiger charge is 2.34. The molecule has 9 nitrogen and oxygen atoms in total. The number of nitrogens with one attached hydrogen (secondary N) is 1. The molecule has 2 fully saturated rings. The quantitative estimate of drug-likeness (QED) is 0.695. The molecule has 34 heavy (non-hydrogen) atoms. The molecule has 3 heterocycles. The molecule has 0 spiro atoms. The van der Waals surface area contributed by atoms with Gasteiger partial charge in [-0.15, -0.1) is 0 Å². The number of cyclic esters (lactones) is 1. The zero-order valence-corrected chi connectivity index (χ0v) is 19.4. The number of para-hydroxylation sites is 1. The third-order valence-corrected chi connectivity index (χ3v) is 7.11. The Morgan fingerprint density at radius 3 is 2.47 bits per heavy atom. The van der Waals surface area contributed by atoms with Gasteiger partial charge in [-0.25, -0.2) is 4.79 Å². The van der Waals surface area contributed by atoms with Crippen LogP contribution in [0.4, 0.5) is 21.9 Å². The zero-order valence-electron chi connectivity index (χ0n) is 19.4. The van der Waals surface area contributed by atoms with E-state index in [4.69, 9.17) is 4.74 Å². The van der Waals surface area contributed by atoms with Crippen molar-refractivity contribution in [3.05, 3.63) is 58.8 Å². The number of carbonyl (C=O) groups is 2. The minimum atomic E-state index is -0.300. The number of hydrogen-bond acceptors (Lipinski definition) is 7. The molecule has 0 aliphatic carbocycles. The van der Waals surface area contributed by atoms with E-state index in [1.165, 1.54) is 0 Å². The Bertz CT molecular complexity index is 1060. The molecule has 0 atom stereocenters. The van der Waals surface area contributed by atoms with Crippen LogP contribution in [0.1, 0.15) is 28.8 Å². The van der Waals surface area contributed by atoms with E-state index in [0.29, 0.717) is 44.0 Å². The molecule has 0 saturated carbocycles. The van der Waals surface area contributed by atoms with Crippen LogP contribution in [0.3, 0.4) is 0 Å². The molecule has 0 bridgehead atoms. The molecule has 3 aliphatic heterocycles. The Hall–Kier alpha value is -3.30. The molecule has 0 aromatic heterocycles. The van der Waals surface area contributed by atoms with Crippen LogP contribution >= 0.6 is 0 Å². The molecule has 9 heteroatoms. The lowest BCUT2D eigenvalue weighted by Crippen LogP contribution is -2.49. The maximum atomic E-state index is 12.9. The van der Waals surface area contributed by atoms with E-state index in [2.05, 4.69) is 9.80 Å². The van der Waals surface area contributed by atoms with Gasteiger partial charge in [0, 0.05) is 62.1 Å². The second kappa shape index (κ2) is 9.52. The number of anilines is 3. The van der Waals surface area contributed by atoms with Crippen LogP contribution in [-0.4, -0.2) is 74.2 Å². The summed E-state index contributed by atoms with van der Waals surface area (Å²) in [7, 11) is 2.05. The lowest BCUT2D eigenvalue weighted by Gasteiger charge is -2.41. The Kier molecular flexibility index (Phi) is 6.30. The molecule has 180 valence electrons. The minimum absolute atomic E-state index is 0.0342.